The van der Waals surface area contributed by atoms with Crippen LogP contribution < -0.4 is 5.32 Å². The Morgan fingerprint density at radius 1 is 1.00 bits per heavy atom. The Balaban J connectivity index is 1.49. The number of carbonyl (C=O) groups excluding carboxylic acids is 1. The van der Waals surface area contributed by atoms with E-state index >= 15 is 0 Å². The first-order valence-corrected chi connectivity index (χ1v) is 10.5. The van der Waals surface area contributed by atoms with Crippen molar-refractivity contribution in [1.29, 1.82) is 0 Å². The largest absolute Gasteiger partial charge is 0.322 e. The molecule has 0 bridgehead atoms. The van der Waals surface area contributed by atoms with Crippen molar-refractivity contribution in [1.82, 2.24) is 0 Å². The topological polar surface area (TPSA) is 29.1 Å². The molecular weight excluding hydrogens is 342 g/mol. The fourth-order valence-corrected chi connectivity index (χ4v) is 4.94. The smallest absolute Gasteiger partial charge is 0.256 e. The first-order valence-electron chi connectivity index (χ1n) is 10.5. The molecule has 2 aromatic rings. The van der Waals surface area contributed by atoms with E-state index in [-0.39, 0.29) is 5.91 Å². The van der Waals surface area contributed by atoms with Crippen LogP contribution in [0.25, 0.3) is 5.57 Å². The van der Waals surface area contributed by atoms with Crippen LogP contribution in [-0.4, -0.2) is 5.91 Å². The van der Waals surface area contributed by atoms with Gasteiger partial charge >= 0.3 is 0 Å². The number of fused-ring (bicyclic) bond motifs is 1. The van der Waals surface area contributed by atoms with E-state index in [0.29, 0.717) is 11.5 Å². The summed E-state index contributed by atoms with van der Waals surface area (Å²) in [6.45, 7) is 5.91. The number of hydrogen-bond donors (Lipinski definition) is 1. The van der Waals surface area contributed by atoms with Crippen molar-refractivity contribution in [2.45, 2.75) is 44.9 Å². The summed E-state index contributed by atoms with van der Waals surface area (Å²) in [6, 6.07) is 16.1. The maximum Gasteiger partial charge on any atom is 0.256 e. The summed E-state index contributed by atoms with van der Waals surface area (Å²) in [5.74, 6) is 2.06. The Morgan fingerprint density at radius 3 is 2.46 bits per heavy atom. The number of nitrogens with one attached hydrogen (secondary N) is 1. The molecule has 0 aromatic heterocycles. The number of anilines is 1. The molecular formula is C26H29NO. The molecule has 2 aromatic carbocycles. The zero-order valence-corrected chi connectivity index (χ0v) is 16.7. The lowest BCUT2D eigenvalue weighted by atomic mass is 9.66. The first-order chi connectivity index (χ1) is 13.6. The Bertz CT molecular complexity index is 893. The van der Waals surface area contributed by atoms with Gasteiger partial charge in [-0.05, 0) is 67.3 Å². The van der Waals surface area contributed by atoms with Gasteiger partial charge in [0.05, 0.1) is 0 Å². The summed E-state index contributed by atoms with van der Waals surface area (Å²) >= 11 is 0. The maximum absolute atomic E-state index is 12.8. The van der Waals surface area contributed by atoms with E-state index in [1.165, 1.54) is 37.7 Å². The molecule has 0 aliphatic heterocycles. The van der Waals surface area contributed by atoms with Gasteiger partial charge in [-0.1, -0.05) is 67.5 Å². The van der Waals surface area contributed by atoms with E-state index in [1.54, 1.807) is 0 Å². The highest BCUT2D eigenvalue weighted by molar-refractivity contribution is 6.07. The average molecular weight is 372 g/mol. The van der Waals surface area contributed by atoms with Crippen LogP contribution >= 0.6 is 0 Å². The van der Waals surface area contributed by atoms with Crippen molar-refractivity contribution >= 4 is 17.2 Å². The van der Waals surface area contributed by atoms with E-state index in [4.69, 9.17) is 0 Å². The highest BCUT2D eigenvalue weighted by atomic mass is 16.1. The molecule has 1 amide bonds. The van der Waals surface area contributed by atoms with Crippen LogP contribution in [0.15, 0.2) is 67.3 Å². The third kappa shape index (κ3) is 3.82. The fraction of sp³-hybridized carbons (Fsp3) is 0.346. The van der Waals surface area contributed by atoms with Gasteiger partial charge in [0.25, 0.3) is 5.91 Å². The monoisotopic (exact) mass is 371 g/mol. The van der Waals surface area contributed by atoms with E-state index < -0.39 is 0 Å². The second kappa shape index (κ2) is 8.18. The van der Waals surface area contributed by atoms with Crippen LogP contribution in [0, 0.1) is 11.8 Å². The SMILES string of the molecule is C=C(C)c1ccccc1C(=O)Nc1ccc(C2C=CCC3CCCCC32)cc1. The highest BCUT2D eigenvalue weighted by Gasteiger charge is 2.32. The molecule has 2 aliphatic carbocycles. The quantitative estimate of drug-likeness (QED) is 0.587. The highest BCUT2D eigenvalue weighted by Crippen LogP contribution is 2.45. The van der Waals surface area contributed by atoms with Crippen molar-refractivity contribution in [2.24, 2.45) is 11.8 Å². The lowest BCUT2D eigenvalue weighted by Crippen LogP contribution is -2.27. The molecule has 4 rings (SSSR count). The Kier molecular flexibility index (Phi) is 5.47. The second-order valence-corrected chi connectivity index (χ2v) is 8.30. The summed E-state index contributed by atoms with van der Waals surface area (Å²) in [7, 11) is 0. The maximum atomic E-state index is 12.8. The van der Waals surface area contributed by atoms with Gasteiger partial charge in [0.15, 0.2) is 0 Å². The lowest BCUT2D eigenvalue weighted by Gasteiger charge is -2.38. The zero-order chi connectivity index (χ0) is 19.5. The number of hydrogen-bond acceptors (Lipinski definition) is 1. The predicted molar refractivity (Wildman–Crippen MR) is 117 cm³/mol. The molecule has 1 saturated carbocycles. The predicted octanol–water partition coefficient (Wildman–Crippen LogP) is 6.82. The molecule has 1 fully saturated rings. The van der Waals surface area contributed by atoms with Gasteiger partial charge in [-0.3, -0.25) is 4.79 Å². The van der Waals surface area contributed by atoms with Crippen molar-refractivity contribution in [3.05, 3.63) is 84.0 Å². The normalized spacial score (nSPS) is 23.7. The Hall–Kier alpha value is -2.61. The van der Waals surface area contributed by atoms with Crippen LogP contribution in [-0.2, 0) is 0 Å². The first kappa shape index (κ1) is 18.7. The third-order valence-electron chi connectivity index (χ3n) is 6.40. The molecule has 2 nitrogen and oxygen atoms in total. The van der Waals surface area contributed by atoms with E-state index in [2.05, 4.69) is 36.2 Å². The number of amides is 1. The minimum atomic E-state index is -0.0868. The summed E-state index contributed by atoms with van der Waals surface area (Å²) in [5, 5.41) is 3.04. The summed E-state index contributed by atoms with van der Waals surface area (Å²) in [4.78, 5) is 12.8. The minimum Gasteiger partial charge on any atom is -0.322 e. The van der Waals surface area contributed by atoms with Crippen molar-refractivity contribution in [2.75, 3.05) is 5.32 Å². The molecule has 28 heavy (non-hydrogen) atoms. The number of carbonyl (C=O) groups is 1. The number of rotatable bonds is 4. The molecule has 3 unspecified atom stereocenters. The van der Waals surface area contributed by atoms with Gasteiger partial charge in [-0.2, -0.15) is 0 Å². The average Bonchev–Trinajstić information content (AvgIpc) is 2.74. The summed E-state index contributed by atoms with van der Waals surface area (Å²) < 4.78 is 0. The van der Waals surface area contributed by atoms with Gasteiger partial charge in [0.2, 0.25) is 0 Å². The van der Waals surface area contributed by atoms with Gasteiger partial charge < -0.3 is 5.32 Å². The minimum absolute atomic E-state index is 0.0868. The van der Waals surface area contributed by atoms with Gasteiger partial charge in [-0.15, -0.1) is 0 Å². The van der Waals surface area contributed by atoms with Gasteiger partial charge in [0.1, 0.15) is 0 Å². The van der Waals surface area contributed by atoms with E-state index in [0.717, 1.165) is 28.7 Å². The molecule has 1 N–H and O–H groups in total. The standard InChI is InChI=1S/C26H29NO/c1-18(2)22-10-5-6-12-25(22)26(28)27-21-16-14-20(15-17-21)24-13-7-9-19-8-3-4-11-23(19)24/h5-7,10,12-17,19,23-24H,1,3-4,8-9,11H2,2H3,(H,27,28). The zero-order valence-electron chi connectivity index (χ0n) is 16.7. The van der Waals surface area contributed by atoms with Crippen LogP contribution in [0.1, 0.15) is 66.4 Å². The summed E-state index contributed by atoms with van der Waals surface area (Å²) in [5.41, 5.74) is 4.66. The van der Waals surface area contributed by atoms with Crippen LogP contribution in [0.3, 0.4) is 0 Å². The second-order valence-electron chi connectivity index (χ2n) is 8.30. The molecule has 144 valence electrons. The molecule has 3 atom stereocenters. The fourth-order valence-electron chi connectivity index (χ4n) is 4.94. The molecule has 0 radical (unpaired) electrons. The summed E-state index contributed by atoms with van der Waals surface area (Å²) in [6.07, 6.45) is 11.5. The Labute approximate surface area is 168 Å². The van der Waals surface area contributed by atoms with E-state index in [9.17, 15) is 4.79 Å². The molecule has 0 spiro atoms. The van der Waals surface area contributed by atoms with Gasteiger partial charge in [0, 0.05) is 17.2 Å². The third-order valence-corrected chi connectivity index (χ3v) is 6.40. The molecule has 0 saturated heterocycles. The Morgan fingerprint density at radius 2 is 1.71 bits per heavy atom. The van der Waals surface area contributed by atoms with Crippen molar-refractivity contribution in [3.8, 4) is 0 Å². The van der Waals surface area contributed by atoms with Gasteiger partial charge in [-0.25, -0.2) is 0 Å². The molecule has 2 heteroatoms. The lowest BCUT2D eigenvalue weighted by molar-refractivity contribution is 0.102. The van der Waals surface area contributed by atoms with Crippen LogP contribution in [0.2, 0.25) is 0 Å². The number of benzene rings is 2. The number of allylic oxidation sites excluding steroid dienone is 3. The molecule has 0 heterocycles. The van der Waals surface area contributed by atoms with Crippen molar-refractivity contribution in [3.63, 3.8) is 0 Å². The van der Waals surface area contributed by atoms with Crippen LogP contribution in [0.4, 0.5) is 5.69 Å². The molecule has 2 aliphatic rings. The van der Waals surface area contributed by atoms with Crippen molar-refractivity contribution < 1.29 is 4.79 Å². The van der Waals surface area contributed by atoms with Crippen LogP contribution in [0.5, 0.6) is 0 Å². The van der Waals surface area contributed by atoms with E-state index in [1.807, 2.05) is 43.3 Å².